The molecule has 1 saturated carbocycles. The van der Waals surface area contributed by atoms with E-state index in [1.54, 1.807) is 4.68 Å². The van der Waals surface area contributed by atoms with Crippen LogP contribution in [-0.4, -0.2) is 28.3 Å². The standard InChI is InChI=1S/C22H21N3O3/c26-21(15-28-22(27)13-16-7-3-1-4-8-16)23-20-14-19(17-11-12-17)24-25(20)18-9-5-2-6-10-18/h1-10,14,17H,11-13,15H2,(H,23,26). The van der Waals surface area contributed by atoms with Gasteiger partial charge in [-0.15, -0.1) is 0 Å². The van der Waals surface area contributed by atoms with Gasteiger partial charge in [0.05, 0.1) is 17.8 Å². The first-order chi connectivity index (χ1) is 13.7. The van der Waals surface area contributed by atoms with Crippen LogP contribution in [0.1, 0.15) is 30.0 Å². The predicted molar refractivity (Wildman–Crippen MR) is 105 cm³/mol. The Labute approximate surface area is 163 Å². The van der Waals surface area contributed by atoms with E-state index in [1.807, 2.05) is 66.7 Å². The summed E-state index contributed by atoms with van der Waals surface area (Å²) in [7, 11) is 0. The molecule has 0 radical (unpaired) electrons. The number of ether oxygens (including phenoxy) is 1. The van der Waals surface area contributed by atoms with E-state index in [9.17, 15) is 9.59 Å². The Morgan fingerprint density at radius 3 is 2.39 bits per heavy atom. The van der Waals surface area contributed by atoms with Crippen LogP contribution in [0.2, 0.25) is 0 Å². The molecule has 1 aliphatic rings. The Bertz CT molecular complexity index is 963. The van der Waals surface area contributed by atoms with Gasteiger partial charge < -0.3 is 10.1 Å². The highest BCUT2D eigenvalue weighted by Gasteiger charge is 2.28. The number of carbonyl (C=O) groups is 2. The predicted octanol–water partition coefficient (Wildman–Crippen LogP) is 3.47. The van der Waals surface area contributed by atoms with Gasteiger partial charge in [0.2, 0.25) is 0 Å². The zero-order valence-electron chi connectivity index (χ0n) is 15.4. The first kappa shape index (κ1) is 18.0. The average molecular weight is 375 g/mol. The molecule has 28 heavy (non-hydrogen) atoms. The molecule has 6 nitrogen and oxygen atoms in total. The highest BCUT2D eigenvalue weighted by molar-refractivity contribution is 5.92. The van der Waals surface area contributed by atoms with E-state index in [4.69, 9.17) is 4.74 Å². The van der Waals surface area contributed by atoms with Crippen molar-refractivity contribution in [1.29, 1.82) is 0 Å². The first-order valence-electron chi connectivity index (χ1n) is 9.34. The molecule has 1 N–H and O–H groups in total. The van der Waals surface area contributed by atoms with Gasteiger partial charge in [-0.1, -0.05) is 48.5 Å². The van der Waals surface area contributed by atoms with E-state index in [1.165, 1.54) is 0 Å². The number of benzene rings is 2. The highest BCUT2D eigenvalue weighted by atomic mass is 16.5. The number of aromatic nitrogens is 2. The van der Waals surface area contributed by atoms with Gasteiger partial charge in [-0.25, -0.2) is 4.68 Å². The second-order valence-electron chi connectivity index (χ2n) is 6.85. The minimum Gasteiger partial charge on any atom is -0.455 e. The van der Waals surface area contributed by atoms with Crippen LogP contribution in [-0.2, 0) is 20.7 Å². The lowest BCUT2D eigenvalue weighted by atomic mass is 10.2. The molecule has 6 heteroatoms. The number of nitrogens with one attached hydrogen (secondary N) is 1. The number of rotatable bonds is 7. The maximum Gasteiger partial charge on any atom is 0.310 e. The Morgan fingerprint density at radius 2 is 1.71 bits per heavy atom. The van der Waals surface area contributed by atoms with Gasteiger partial charge >= 0.3 is 5.97 Å². The van der Waals surface area contributed by atoms with Crippen LogP contribution in [0.25, 0.3) is 5.69 Å². The van der Waals surface area contributed by atoms with Gasteiger partial charge in [-0.05, 0) is 30.5 Å². The maximum atomic E-state index is 12.3. The zero-order chi connectivity index (χ0) is 19.3. The molecule has 0 spiro atoms. The molecule has 0 atom stereocenters. The van der Waals surface area contributed by atoms with E-state index >= 15 is 0 Å². The molecule has 1 amide bonds. The lowest BCUT2D eigenvalue weighted by molar-refractivity contribution is -0.146. The zero-order valence-corrected chi connectivity index (χ0v) is 15.4. The minimum absolute atomic E-state index is 0.141. The molecule has 142 valence electrons. The molecule has 0 saturated heterocycles. The quantitative estimate of drug-likeness (QED) is 0.642. The van der Waals surface area contributed by atoms with E-state index in [2.05, 4.69) is 10.4 Å². The SMILES string of the molecule is O=C(COC(=O)Cc1ccccc1)Nc1cc(C2CC2)nn1-c1ccccc1. The van der Waals surface area contributed by atoms with Crippen molar-refractivity contribution in [3.63, 3.8) is 0 Å². The van der Waals surface area contributed by atoms with Crippen LogP contribution in [0.15, 0.2) is 66.7 Å². The second-order valence-corrected chi connectivity index (χ2v) is 6.85. The van der Waals surface area contributed by atoms with Crippen molar-refractivity contribution in [1.82, 2.24) is 9.78 Å². The van der Waals surface area contributed by atoms with Crippen LogP contribution in [0, 0.1) is 0 Å². The molecule has 4 rings (SSSR count). The van der Waals surface area contributed by atoms with Gasteiger partial charge in [-0.2, -0.15) is 5.10 Å². The van der Waals surface area contributed by atoms with Crippen LogP contribution in [0.4, 0.5) is 5.82 Å². The van der Waals surface area contributed by atoms with Crippen LogP contribution < -0.4 is 5.32 Å². The second kappa shape index (κ2) is 8.08. The number of hydrogen-bond donors (Lipinski definition) is 1. The maximum absolute atomic E-state index is 12.3. The van der Waals surface area contributed by atoms with Crippen molar-refractivity contribution in [2.45, 2.75) is 25.2 Å². The highest BCUT2D eigenvalue weighted by Crippen LogP contribution is 2.40. The average Bonchev–Trinajstić information content (AvgIpc) is 3.49. The van der Waals surface area contributed by atoms with E-state index in [-0.39, 0.29) is 18.9 Å². The fraction of sp³-hybridized carbons (Fsp3) is 0.227. The smallest absolute Gasteiger partial charge is 0.310 e. The first-order valence-corrected chi connectivity index (χ1v) is 9.34. The summed E-state index contributed by atoms with van der Waals surface area (Å²) in [4.78, 5) is 24.3. The molecule has 1 heterocycles. The lowest BCUT2D eigenvalue weighted by Gasteiger charge is -2.09. The van der Waals surface area contributed by atoms with Gasteiger partial charge in [0.1, 0.15) is 5.82 Å². The van der Waals surface area contributed by atoms with Crippen molar-refractivity contribution in [3.8, 4) is 5.69 Å². The number of para-hydroxylation sites is 1. The molecule has 0 unspecified atom stereocenters. The summed E-state index contributed by atoms with van der Waals surface area (Å²) >= 11 is 0. The molecule has 0 bridgehead atoms. The largest absolute Gasteiger partial charge is 0.455 e. The Morgan fingerprint density at radius 1 is 1.04 bits per heavy atom. The number of hydrogen-bond acceptors (Lipinski definition) is 4. The minimum atomic E-state index is -0.434. The normalized spacial score (nSPS) is 13.1. The van der Waals surface area contributed by atoms with Crippen LogP contribution in [0.3, 0.4) is 0 Å². The third kappa shape index (κ3) is 4.46. The molecular formula is C22H21N3O3. The summed E-state index contributed by atoms with van der Waals surface area (Å²) in [6, 6.07) is 20.8. The number of amides is 1. The molecule has 2 aromatic carbocycles. The Balaban J connectivity index is 1.39. The summed E-state index contributed by atoms with van der Waals surface area (Å²) in [5, 5.41) is 7.46. The number of nitrogens with zero attached hydrogens (tertiary/aromatic N) is 2. The molecule has 1 fully saturated rings. The molecule has 0 aliphatic heterocycles. The topological polar surface area (TPSA) is 73.2 Å². The monoisotopic (exact) mass is 375 g/mol. The van der Waals surface area contributed by atoms with Gasteiger partial charge in [0.25, 0.3) is 5.91 Å². The number of carbonyl (C=O) groups excluding carboxylic acids is 2. The number of anilines is 1. The van der Waals surface area contributed by atoms with Gasteiger partial charge in [-0.3, -0.25) is 9.59 Å². The Kier molecular flexibility index (Phi) is 5.19. The third-order valence-electron chi connectivity index (χ3n) is 4.55. The molecule has 3 aromatic rings. The Hall–Kier alpha value is -3.41. The van der Waals surface area contributed by atoms with Crippen molar-refractivity contribution in [3.05, 3.63) is 78.0 Å². The van der Waals surface area contributed by atoms with Crippen molar-refractivity contribution < 1.29 is 14.3 Å². The van der Waals surface area contributed by atoms with Gasteiger partial charge in [0, 0.05) is 12.0 Å². The van der Waals surface area contributed by atoms with Gasteiger partial charge in [0.15, 0.2) is 6.61 Å². The summed E-state index contributed by atoms with van der Waals surface area (Å²) in [5.41, 5.74) is 2.69. The van der Waals surface area contributed by atoms with Crippen molar-refractivity contribution in [2.75, 3.05) is 11.9 Å². The summed E-state index contributed by atoms with van der Waals surface area (Å²) in [5.74, 6) is 0.221. The molecule has 1 aromatic heterocycles. The summed E-state index contributed by atoms with van der Waals surface area (Å²) < 4.78 is 6.83. The summed E-state index contributed by atoms with van der Waals surface area (Å²) in [6.07, 6.45) is 2.38. The lowest BCUT2D eigenvalue weighted by Crippen LogP contribution is -2.23. The third-order valence-corrected chi connectivity index (χ3v) is 4.55. The molecular weight excluding hydrogens is 354 g/mol. The van der Waals surface area contributed by atoms with Crippen LogP contribution >= 0.6 is 0 Å². The number of esters is 1. The van der Waals surface area contributed by atoms with Crippen molar-refractivity contribution >= 4 is 17.7 Å². The summed E-state index contributed by atoms with van der Waals surface area (Å²) in [6.45, 7) is -0.329. The van der Waals surface area contributed by atoms with E-state index in [0.717, 1.165) is 29.8 Å². The van der Waals surface area contributed by atoms with Crippen LogP contribution in [0.5, 0.6) is 0 Å². The molecule has 1 aliphatic carbocycles. The van der Waals surface area contributed by atoms with E-state index in [0.29, 0.717) is 11.7 Å². The fourth-order valence-electron chi connectivity index (χ4n) is 2.97. The van der Waals surface area contributed by atoms with E-state index < -0.39 is 5.97 Å². The fourth-order valence-corrected chi connectivity index (χ4v) is 2.97. The van der Waals surface area contributed by atoms with Crippen molar-refractivity contribution in [2.24, 2.45) is 0 Å².